The SMILES string of the molecule is CC(N)C1CCCCN1C(=O)c1ccc(N)c([N+](=O)[O-])c1.Cl. The summed E-state index contributed by atoms with van der Waals surface area (Å²) in [6, 6.07) is 4.01. The highest BCUT2D eigenvalue weighted by Crippen LogP contribution is 2.26. The Morgan fingerprint density at radius 1 is 1.45 bits per heavy atom. The summed E-state index contributed by atoms with van der Waals surface area (Å²) in [5.74, 6) is -0.222. The van der Waals surface area contributed by atoms with Crippen molar-refractivity contribution in [3.8, 4) is 0 Å². The van der Waals surface area contributed by atoms with Gasteiger partial charge in [-0.3, -0.25) is 14.9 Å². The second-order valence-electron chi connectivity index (χ2n) is 5.45. The third kappa shape index (κ3) is 3.66. The molecule has 22 heavy (non-hydrogen) atoms. The van der Waals surface area contributed by atoms with E-state index in [1.807, 2.05) is 6.92 Å². The number of piperidine rings is 1. The van der Waals surface area contributed by atoms with Gasteiger partial charge in [-0.25, -0.2) is 0 Å². The van der Waals surface area contributed by atoms with Crippen LogP contribution in [0.1, 0.15) is 36.5 Å². The van der Waals surface area contributed by atoms with Crippen LogP contribution in [-0.2, 0) is 0 Å². The van der Waals surface area contributed by atoms with Crippen molar-refractivity contribution in [1.29, 1.82) is 0 Å². The van der Waals surface area contributed by atoms with Gasteiger partial charge in [-0.15, -0.1) is 12.4 Å². The number of rotatable bonds is 3. The van der Waals surface area contributed by atoms with Crippen molar-refractivity contribution in [1.82, 2.24) is 4.90 Å². The number of amides is 1. The Morgan fingerprint density at radius 2 is 2.14 bits per heavy atom. The maximum atomic E-state index is 12.6. The van der Waals surface area contributed by atoms with Gasteiger partial charge in [0, 0.05) is 30.3 Å². The summed E-state index contributed by atoms with van der Waals surface area (Å²) in [6.07, 6.45) is 2.82. The summed E-state index contributed by atoms with van der Waals surface area (Å²) < 4.78 is 0. The zero-order valence-corrected chi connectivity index (χ0v) is 13.2. The third-order valence-electron chi connectivity index (χ3n) is 3.89. The van der Waals surface area contributed by atoms with Crippen LogP contribution in [0, 0.1) is 10.1 Å². The van der Waals surface area contributed by atoms with Crippen molar-refractivity contribution >= 4 is 29.7 Å². The van der Waals surface area contributed by atoms with Crippen molar-refractivity contribution in [2.75, 3.05) is 12.3 Å². The fourth-order valence-corrected chi connectivity index (χ4v) is 2.76. The number of nitro benzene ring substituents is 1. The van der Waals surface area contributed by atoms with Gasteiger partial charge in [-0.2, -0.15) is 0 Å². The van der Waals surface area contributed by atoms with Crippen molar-refractivity contribution in [3.05, 3.63) is 33.9 Å². The lowest BCUT2D eigenvalue weighted by Crippen LogP contribution is -2.51. The molecule has 4 N–H and O–H groups in total. The Morgan fingerprint density at radius 3 is 2.73 bits per heavy atom. The zero-order chi connectivity index (χ0) is 15.6. The largest absolute Gasteiger partial charge is 0.393 e. The van der Waals surface area contributed by atoms with E-state index in [1.54, 1.807) is 4.90 Å². The number of halogens is 1. The molecule has 1 heterocycles. The van der Waals surface area contributed by atoms with Gasteiger partial charge in [0.05, 0.1) is 4.92 Å². The molecule has 2 unspecified atom stereocenters. The molecule has 0 spiro atoms. The molecule has 0 aliphatic carbocycles. The highest BCUT2D eigenvalue weighted by Gasteiger charge is 2.30. The predicted octanol–water partition coefficient (Wildman–Crippen LogP) is 1.94. The number of likely N-dealkylation sites (tertiary alicyclic amines) is 1. The molecule has 1 fully saturated rings. The maximum Gasteiger partial charge on any atom is 0.292 e. The van der Waals surface area contributed by atoms with Gasteiger partial charge in [0.1, 0.15) is 5.69 Å². The molecule has 1 saturated heterocycles. The summed E-state index contributed by atoms with van der Waals surface area (Å²) in [5.41, 5.74) is 11.6. The smallest absolute Gasteiger partial charge is 0.292 e. The number of anilines is 1. The first-order valence-corrected chi connectivity index (χ1v) is 7.02. The number of carbonyl (C=O) groups excluding carboxylic acids is 1. The summed E-state index contributed by atoms with van der Waals surface area (Å²) >= 11 is 0. The van der Waals surface area contributed by atoms with E-state index in [2.05, 4.69) is 0 Å². The van der Waals surface area contributed by atoms with Crippen LogP contribution in [0.5, 0.6) is 0 Å². The van der Waals surface area contributed by atoms with Crippen molar-refractivity contribution < 1.29 is 9.72 Å². The second-order valence-corrected chi connectivity index (χ2v) is 5.45. The molecule has 1 aromatic rings. The minimum Gasteiger partial charge on any atom is -0.393 e. The van der Waals surface area contributed by atoms with Crippen molar-refractivity contribution in [2.45, 2.75) is 38.3 Å². The van der Waals surface area contributed by atoms with Gasteiger partial charge < -0.3 is 16.4 Å². The molecule has 0 radical (unpaired) electrons. The monoisotopic (exact) mass is 328 g/mol. The summed E-state index contributed by atoms with van der Waals surface area (Å²) in [4.78, 5) is 24.7. The molecule has 8 heteroatoms. The Hall–Kier alpha value is -1.86. The van der Waals surface area contributed by atoms with Crippen LogP contribution >= 0.6 is 12.4 Å². The molecule has 2 rings (SSSR count). The topological polar surface area (TPSA) is 115 Å². The van der Waals surface area contributed by atoms with E-state index in [0.717, 1.165) is 19.3 Å². The van der Waals surface area contributed by atoms with E-state index < -0.39 is 4.92 Å². The van der Waals surface area contributed by atoms with Crippen LogP contribution in [0.3, 0.4) is 0 Å². The molecule has 1 aliphatic heterocycles. The molecule has 0 aromatic heterocycles. The Kier molecular flexibility index (Phi) is 6.13. The van der Waals surface area contributed by atoms with Crippen LogP contribution in [0.25, 0.3) is 0 Å². The molecule has 7 nitrogen and oxygen atoms in total. The lowest BCUT2D eigenvalue weighted by molar-refractivity contribution is -0.383. The molecule has 1 aliphatic rings. The fourth-order valence-electron chi connectivity index (χ4n) is 2.76. The number of hydrogen-bond acceptors (Lipinski definition) is 5. The number of benzene rings is 1. The first kappa shape index (κ1) is 18.2. The normalized spacial score (nSPS) is 19.2. The Bertz CT molecular complexity index is 565. The molecule has 0 saturated carbocycles. The van der Waals surface area contributed by atoms with Gasteiger partial charge in [0.25, 0.3) is 11.6 Å². The number of nitrogens with two attached hydrogens (primary N) is 2. The average Bonchev–Trinajstić information content (AvgIpc) is 2.46. The highest BCUT2D eigenvalue weighted by atomic mass is 35.5. The predicted molar refractivity (Wildman–Crippen MR) is 87.1 cm³/mol. The molecular formula is C14H21ClN4O3. The minimum absolute atomic E-state index is 0. The second kappa shape index (κ2) is 7.42. The third-order valence-corrected chi connectivity index (χ3v) is 3.89. The van der Waals surface area contributed by atoms with Gasteiger partial charge in [-0.05, 0) is 38.3 Å². The summed E-state index contributed by atoms with van der Waals surface area (Å²) in [5, 5.41) is 10.9. The fraction of sp³-hybridized carbons (Fsp3) is 0.500. The van der Waals surface area contributed by atoms with E-state index in [4.69, 9.17) is 11.5 Å². The molecular weight excluding hydrogens is 308 g/mol. The van der Waals surface area contributed by atoms with Crippen LogP contribution in [0.4, 0.5) is 11.4 Å². The highest BCUT2D eigenvalue weighted by molar-refractivity contribution is 5.96. The number of carbonyl (C=O) groups is 1. The van der Waals surface area contributed by atoms with E-state index >= 15 is 0 Å². The standard InChI is InChI=1S/C14H20N4O3.ClH/c1-9(15)12-4-2-3-7-17(12)14(19)10-5-6-11(16)13(8-10)18(20)21;/h5-6,8-9,12H,2-4,7,15-16H2,1H3;1H. The first-order valence-electron chi connectivity index (χ1n) is 7.02. The lowest BCUT2D eigenvalue weighted by Gasteiger charge is -2.38. The Balaban J connectivity index is 0.00000242. The number of nitrogens with zero attached hydrogens (tertiary/aromatic N) is 2. The molecule has 1 amide bonds. The van der Waals surface area contributed by atoms with Crippen LogP contribution in [0.2, 0.25) is 0 Å². The van der Waals surface area contributed by atoms with E-state index in [-0.39, 0.29) is 47.3 Å². The quantitative estimate of drug-likeness (QED) is 0.499. The van der Waals surface area contributed by atoms with E-state index in [1.165, 1.54) is 18.2 Å². The molecule has 2 atom stereocenters. The van der Waals surface area contributed by atoms with E-state index in [0.29, 0.717) is 6.54 Å². The molecule has 122 valence electrons. The lowest BCUT2D eigenvalue weighted by atomic mass is 9.96. The maximum absolute atomic E-state index is 12.6. The zero-order valence-electron chi connectivity index (χ0n) is 12.4. The molecule has 1 aromatic carbocycles. The number of nitrogen functional groups attached to an aromatic ring is 1. The van der Waals surface area contributed by atoms with Crippen molar-refractivity contribution in [3.63, 3.8) is 0 Å². The number of hydrogen-bond donors (Lipinski definition) is 2. The summed E-state index contributed by atoms with van der Waals surface area (Å²) in [7, 11) is 0. The molecule has 0 bridgehead atoms. The van der Waals surface area contributed by atoms with Gasteiger partial charge in [0.2, 0.25) is 0 Å². The Labute approximate surface area is 135 Å². The summed E-state index contributed by atoms with van der Waals surface area (Å²) in [6.45, 7) is 2.50. The van der Waals surface area contributed by atoms with Gasteiger partial charge >= 0.3 is 0 Å². The van der Waals surface area contributed by atoms with Crippen LogP contribution < -0.4 is 11.5 Å². The number of nitro groups is 1. The van der Waals surface area contributed by atoms with E-state index in [9.17, 15) is 14.9 Å². The minimum atomic E-state index is -0.578. The van der Waals surface area contributed by atoms with Crippen LogP contribution in [0.15, 0.2) is 18.2 Å². The average molecular weight is 329 g/mol. The van der Waals surface area contributed by atoms with Gasteiger partial charge in [0.15, 0.2) is 0 Å². The van der Waals surface area contributed by atoms with Crippen molar-refractivity contribution in [2.24, 2.45) is 5.73 Å². The first-order chi connectivity index (χ1) is 9.91. The van der Waals surface area contributed by atoms with Gasteiger partial charge in [-0.1, -0.05) is 0 Å². The van der Waals surface area contributed by atoms with Crippen LogP contribution in [-0.4, -0.2) is 34.4 Å².